The Labute approximate surface area is 127 Å². The van der Waals surface area contributed by atoms with Crippen LogP contribution in [0.2, 0.25) is 0 Å². The molecule has 0 radical (unpaired) electrons. The van der Waals surface area contributed by atoms with Crippen LogP contribution in [0.25, 0.3) is 0 Å². The fourth-order valence-corrected chi connectivity index (χ4v) is 2.29. The summed E-state index contributed by atoms with van der Waals surface area (Å²) < 4.78 is 3.56. The van der Waals surface area contributed by atoms with Crippen LogP contribution in [0.15, 0.2) is 41.1 Å². The van der Waals surface area contributed by atoms with Crippen molar-refractivity contribution in [1.29, 1.82) is 0 Å². The van der Waals surface area contributed by atoms with Gasteiger partial charge in [0.2, 0.25) is 5.91 Å². The minimum Gasteiger partial charge on any atom is -0.323 e. The zero-order chi connectivity index (χ0) is 13.1. The van der Waals surface area contributed by atoms with Gasteiger partial charge in [-0.1, -0.05) is 15.9 Å². The minimum atomic E-state index is -0.338. The molecular weight excluding hydrogens is 409 g/mol. The third kappa shape index (κ3) is 3.11. The SMILES string of the molecule is CC(C(=O)Nc1cc(Br)ccc1I)n1cccn1. The van der Waals surface area contributed by atoms with Gasteiger partial charge in [0.25, 0.3) is 0 Å². The molecule has 1 heterocycles. The summed E-state index contributed by atoms with van der Waals surface area (Å²) >= 11 is 5.58. The Bertz CT molecular complexity index is 556. The first-order valence-corrected chi connectivity index (χ1v) is 7.20. The van der Waals surface area contributed by atoms with Gasteiger partial charge < -0.3 is 5.32 Å². The third-order valence-corrected chi connectivity index (χ3v) is 3.92. The van der Waals surface area contributed by atoms with E-state index in [0.717, 1.165) is 13.7 Å². The summed E-state index contributed by atoms with van der Waals surface area (Å²) in [6, 6.07) is 7.23. The largest absolute Gasteiger partial charge is 0.323 e. The smallest absolute Gasteiger partial charge is 0.248 e. The zero-order valence-electron chi connectivity index (χ0n) is 9.60. The molecule has 0 fully saturated rings. The zero-order valence-corrected chi connectivity index (χ0v) is 13.3. The lowest BCUT2D eigenvalue weighted by Gasteiger charge is -2.13. The van der Waals surface area contributed by atoms with Crippen molar-refractivity contribution in [3.63, 3.8) is 0 Å². The number of amides is 1. The summed E-state index contributed by atoms with van der Waals surface area (Å²) in [6.45, 7) is 1.81. The van der Waals surface area contributed by atoms with E-state index in [0.29, 0.717) is 0 Å². The second kappa shape index (κ2) is 5.83. The van der Waals surface area contributed by atoms with Crippen molar-refractivity contribution < 1.29 is 4.79 Å². The van der Waals surface area contributed by atoms with Crippen LogP contribution >= 0.6 is 38.5 Å². The highest BCUT2D eigenvalue weighted by Gasteiger charge is 2.16. The van der Waals surface area contributed by atoms with Gasteiger partial charge in [-0.25, -0.2) is 0 Å². The molecule has 2 rings (SSSR count). The molecule has 4 nitrogen and oxygen atoms in total. The predicted molar refractivity (Wildman–Crippen MR) is 82.4 cm³/mol. The summed E-state index contributed by atoms with van der Waals surface area (Å²) in [5.41, 5.74) is 0.800. The van der Waals surface area contributed by atoms with Crippen molar-refractivity contribution in [2.45, 2.75) is 13.0 Å². The van der Waals surface area contributed by atoms with E-state index in [2.05, 4.69) is 48.9 Å². The highest BCUT2D eigenvalue weighted by Crippen LogP contribution is 2.23. The third-order valence-electron chi connectivity index (χ3n) is 2.49. The van der Waals surface area contributed by atoms with E-state index in [1.807, 2.05) is 25.1 Å². The number of halogens is 2. The Hall–Kier alpha value is -0.890. The van der Waals surface area contributed by atoms with E-state index >= 15 is 0 Å². The fraction of sp³-hybridized carbons (Fsp3) is 0.167. The predicted octanol–water partition coefficient (Wildman–Crippen LogP) is 3.45. The lowest BCUT2D eigenvalue weighted by Crippen LogP contribution is -2.24. The number of carbonyl (C=O) groups is 1. The highest BCUT2D eigenvalue weighted by atomic mass is 127. The summed E-state index contributed by atoms with van der Waals surface area (Å²) in [5.74, 6) is -0.0882. The number of benzene rings is 1. The summed E-state index contributed by atoms with van der Waals surface area (Å²) in [5, 5.41) is 6.97. The van der Waals surface area contributed by atoms with Crippen molar-refractivity contribution in [2.75, 3.05) is 5.32 Å². The quantitative estimate of drug-likeness (QED) is 0.774. The monoisotopic (exact) mass is 419 g/mol. The maximum atomic E-state index is 12.1. The average Bonchev–Trinajstić information content (AvgIpc) is 2.86. The van der Waals surface area contributed by atoms with Crippen molar-refractivity contribution >= 4 is 50.1 Å². The molecule has 0 saturated carbocycles. The van der Waals surface area contributed by atoms with Gasteiger partial charge in [0.1, 0.15) is 6.04 Å². The van der Waals surface area contributed by atoms with Crippen molar-refractivity contribution in [3.05, 3.63) is 44.7 Å². The van der Waals surface area contributed by atoms with Crippen LogP contribution in [0.3, 0.4) is 0 Å². The van der Waals surface area contributed by atoms with E-state index in [1.165, 1.54) is 0 Å². The first-order chi connectivity index (χ1) is 8.58. The van der Waals surface area contributed by atoms with Gasteiger partial charge >= 0.3 is 0 Å². The molecule has 94 valence electrons. The molecule has 1 aromatic heterocycles. The van der Waals surface area contributed by atoms with Crippen LogP contribution in [-0.4, -0.2) is 15.7 Å². The van der Waals surface area contributed by atoms with Crippen LogP contribution in [0, 0.1) is 3.57 Å². The second-order valence-electron chi connectivity index (χ2n) is 3.78. The maximum Gasteiger partial charge on any atom is 0.248 e. The van der Waals surface area contributed by atoms with E-state index in [4.69, 9.17) is 0 Å². The molecule has 6 heteroatoms. The Kier molecular flexibility index (Phi) is 4.39. The normalized spacial score (nSPS) is 12.2. The van der Waals surface area contributed by atoms with Gasteiger partial charge in [0.05, 0.1) is 5.69 Å². The van der Waals surface area contributed by atoms with Gasteiger partial charge in [-0.3, -0.25) is 9.48 Å². The Balaban J connectivity index is 2.14. The van der Waals surface area contributed by atoms with Crippen molar-refractivity contribution in [2.24, 2.45) is 0 Å². The second-order valence-corrected chi connectivity index (χ2v) is 5.85. The van der Waals surface area contributed by atoms with Gasteiger partial charge in [-0.15, -0.1) is 0 Å². The molecule has 0 aliphatic rings. The van der Waals surface area contributed by atoms with Crippen molar-refractivity contribution in [1.82, 2.24) is 9.78 Å². The maximum absolute atomic E-state index is 12.1. The van der Waals surface area contributed by atoms with Crippen LogP contribution < -0.4 is 5.32 Å². The molecular formula is C12H11BrIN3O. The van der Waals surface area contributed by atoms with Crippen LogP contribution in [0.1, 0.15) is 13.0 Å². The highest BCUT2D eigenvalue weighted by molar-refractivity contribution is 14.1. The van der Waals surface area contributed by atoms with E-state index in [9.17, 15) is 4.79 Å². The molecule has 18 heavy (non-hydrogen) atoms. The van der Waals surface area contributed by atoms with Crippen LogP contribution in [-0.2, 0) is 4.79 Å². The van der Waals surface area contributed by atoms with E-state index < -0.39 is 0 Å². The fourth-order valence-electron chi connectivity index (χ4n) is 1.46. The number of aromatic nitrogens is 2. The van der Waals surface area contributed by atoms with E-state index in [1.54, 1.807) is 23.1 Å². The molecule has 1 N–H and O–H groups in total. The van der Waals surface area contributed by atoms with Gasteiger partial charge in [-0.05, 0) is 53.8 Å². The molecule has 1 aromatic carbocycles. The van der Waals surface area contributed by atoms with Crippen molar-refractivity contribution in [3.8, 4) is 0 Å². The lowest BCUT2D eigenvalue weighted by molar-refractivity contribution is -0.119. The van der Waals surface area contributed by atoms with Crippen LogP contribution in [0.4, 0.5) is 5.69 Å². The molecule has 0 saturated heterocycles. The molecule has 1 amide bonds. The first-order valence-electron chi connectivity index (χ1n) is 5.33. The Morgan fingerprint density at radius 2 is 2.33 bits per heavy atom. The summed E-state index contributed by atoms with van der Waals surface area (Å²) in [4.78, 5) is 12.1. The number of nitrogens with one attached hydrogen (secondary N) is 1. The number of nitrogens with zero attached hydrogens (tertiary/aromatic N) is 2. The lowest BCUT2D eigenvalue weighted by atomic mass is 10.3. The molecule has 0 aliphatic carbocycles. The Morgan fingerprint density at radius 1 is 1.56 bits per heavy atom. The number of hydrogen-bond donors (Lipinski definition) is 1. The van der Waals surface area contributed by atoms with Gasteiger partial charge in [-0.2, -0.15) is 5.10 Å². The van der Waals surface area contributed by atoms with Gasteiger partial charge in [0.15, 0.2) is 0 Å². The van der Waals surface area contributed by atoms with E-state index in [-0.39, 0.29) is 11.9 Å². The molecule has 1 unspecified atom stereocenters. The topological polar surface area (TPSA) is 46.9 Å². The summed E-state index contributed by atoms with van der Waals surface area (Å²) in [7, 11) is 0. The Morgan fingerprint density at radius 3 is 3.00 bits per heavy atom. The standard InChI is InChI=1S/C12H11BrIN3O/c1-8(17-6-2-5-15-17)12(18)16-11-7-9(13)3-4-10(11)14/h2-8H,1H3,(H,16,18). The van der Waals surface area contributed by atoms with Gasteiger partial charge in [0, 0.05) is 20.4 Å². The number of hydrogen-bond acceptors (Lipinski definition) is 2. The number of carbonyl (C=O) groups excluding carboxylic acids is 1. The number of anilines is 1. The summed E-state index contributed by atoms with van der Waals surface area (Å²) in [6.07, 6.45) is 3.43. The molecule has 0 bridgehead atoms. The first kappa shape index (κ1) is 13.5. The van der Waals surface area contributed by atoms with Crippen LogP contribution in [0.5, 0.6) is 0 Å². The molecule has 0 spiro atoms. The average molecular weight is 420 g/mol. The minimum absolute atomic E-state index is 0.0882. The molecule has 2 aromatic rings. The molecule has 0 aliphatic heterocycles. The molecule has 1 atom stereocenters. The number of rotatable bonds is 3.